The van der Waals surface area contributed by atoms with E-state index in [0.29, 0.717) is 18.0 Å². The van der Waals surface area contributed by atoms with E-state index in [-0.39, 0.29) is 0 Å². The molecule has 1 saturated heterocycles. The Kier molecular flexibility index (Phi) is 10.4. The van der Waals surface area contributed by atoms with Crippen LogP contribution in [0, 0.1) is 5.92 Å². The molecule has 0 aromatic heterocycles. The summed E-state index contributed by atoms with van der Waals surface area (Å²) in [6.07, 6.45) is 2.46. The van der Waals surface area contributed by atoms with Crippen molar-refractivity contribution in [2.24, 2.45) is 10.9 Å². The first-order chi connectivity index (χ1) is 14.4. The second-order valence-electron chi connectivity index (χ2n) is 8.87. The monoisotopic (exact) mass is 417 g/mol. The lowest BCUT2D eigenvalue weighted by Crippen LogP contribution is -2.46. The quantitative estimate of drug-likeness (QED) is 0.452. The zero-order chi connectivity index (χ0) is 21.9. The Balaban J connectivity index is 1.66. The molecule has 1 aromatic rings. The van der Waals surface area contributed by atoms with Gasteiger partial charge in [-0.2, -0.15) is 0 Å². The molecule has 0 saturated carbocycles. The predicted octanol–water partition coefficient (Wildman–Crippen LogP) is 3.19. The summed E-state index contributed by atoms with van der Waals surface area (Å²) in [6, 6.07) is 9.55. The normalized spacial score (nSPS) is 16.5. The summed E-state index contributed by atoms with van der Waals surface area (Å²) in [5.74, 6) is 2.55. The van der Waals surface area contributed by atoms with Gasteiger partial charge < -0.3 is 15.4 Å². The lowest BCUT2D eigenvalue weighted by atomic mass is 9.96. The van der Waals surface area contributed by atoms with Crippen LogP contribution in [0.15, 0.2) is 29.3 Å². The fraction of sp³-hybridized carbons (Fsp3) is 0.708. The first-order valence-electron chi connectivity index (χ1n) is 11.5. The first-order valence-corrected chi connectivity index (χ1v) is 11.5. The molecule has 2 rings (SSSR count). The van der Waals surface area contributed by atoms with Crippen LogP contribution in [-0.4, -0.2) is 74.7 Å². The van der Waals surface area contributed by atoms with Gasteiger partial charge in [-0.1, -0.05) is 12.1 Å². The molecule has 1 heterocycles. The zero-order valence-corrected chi connectivity index (χ0v) is 19.9. The van der Waals surface area contributed by atoms with Crippen LogP contribution in [-0.2, 0) is 6.54 Å². The molecule has 0 amide bonds. The van der Waals surface area contributed by atoms with Crippen molar-refractivity contribution in [2.75, 3.05) is 46.9 Å². The van der Waals surface area contributed by atoms with Gasteiger partial charge in [0.1, 0.15) is 5.75 Å². The van der Waals surface area contributed by atoms with Crippen molar-refractivity contribution in [3.63, 3.8) is 0 Å². The van der Waals surface area contributed by atoms with Crippen molar-refractivity contribution in [1.82, 2.24) is 20.4 Å². The molecule has 6 nitrogen and oxygen atoms in total. The second-order valence-corrected chi connectivity index (χ2v) is 8.87. The van der Waals surface area contributed by atoms with Gasteiger partial charge in [-0.3, -0.25) is 14.8 Å². The smallest absolute Gasteiger partial charge is 0.191 e. The van der Waals surface area contributed by atoms with E-state index in [2.05, 4.69) is 65.3 Å². The van der Waals surface area contributed by atoms with Crippen molar-refractivity contribution in [2.45, 2.75) is 59.2 Å². The molecular formula is C24H43N5O. The molecule has 0 atom stereocenters. The SMILES string of the molecule is CN=C(NCCN(C(C)C)C(C)C)NCC1CCN(Cc2ccc(OC)cc2)CC1. The summed E-state index contributed by atoms with van der Waals surface area (Å²) in [5.41, 5.74) is 1.36. The Labute approximate surface area is 184 Å². The van der Waals surface area contributed by atoms with Crippen molar-refractivity contribution in [3.8, 4) is 5.75 Å². The van der Waals surface area contributed by atoms with Crippen LogP contribution in [0.5, 0.6) is 5.75 Å². The number of nitrogens with one attached hydrogen (secondary N) is 2. The molecule has 6 heteroatoms. The van der Waals surface area contributed by atoms with E-state index >= 15 is 0 Å². The number of nitrogens with zero attached hydrogens (tertiary/aromatic N) is 3. The number of hydrogen-bond donors (Lipinski definition) is 2. The molecule has 0 unspecified atom stereocenters. The molecule has 170 valence electrons. The number of benzene rings is 1. The van der Waals surface area contributed by atoms with E-state index in [4.69, 9.17) is 4.74 Å². The Hall–Kier alpha value is -1.79. The maximum Gasteiger partial charge on any atom is 0.191 e. The number of ether oxygens (including phenoxy) is 1. The minimum atomic E-state index is 0.560. The van der Waals surface area contributed by atoms with Crippen LogP contribution in [0.2, 0.25) is 0 Å². The van der Waals surface area contributed by atoms with Crippen LogP contribution < -0.4 is 15.4 Å². The second kappa shape index (κ2) is 12.8. The van der Waals surface area contributed by atoms with Crippen molar-refractivity contribution in [3.05, 3.63) is 29.8 Å². The number of guanidine groups is 1. The molecule has 0 radical (unpaired) electrons. The standard InChI is InChI=1S/C24H43N5O/c1-19(2)29(20(3)4)16-13-26-24(25-5)27-17-21-11-14-28(15-12-21)18-22-7-9-23(30-6)10-8-22/h7-10,19-21H,11-18H2,1-6H3,(H2,25,26,27). The van der Waals surface area contributed by atoms with Crippen LogP contribution in [0.25, 0.3) is 0 Å². The largest absolute Gasteiger partial charge is 0.497 e. The van der Waals surface area contributed by atoms with Crippen molar-refractivity contribution >= 4 is 5.96 Å². The highest BCUT2D eigenvalue weighted by molar-refractivity contribution is 5.79. The maximum atomic E-state index is 5.25. The van der Waals surface area contributed by atoms with Gasteiger partial charge in [-0.05, 0) is 77.2 Å². The average Bonchev–Trinajstić information content (AvgIpc) is 2.74. The van der Waals surface area contributed by atoms with Crippen LogP contribution >= 0.6 is 0 Å². The van der Waals surface area contributed by atoms with Gasteiger partial charge in [-0.25, -0.2) is 0 Å². The van der Waals surface area contributed by atoms with Gasteiger partial charge >= 0.3 is 0 Å². The Morgan fingerprint density at radius 2 is 1.73 bits per heavy atom. The Bertz CT molecular complexity index is 613. The van der Waals surface area contributed by atoms with Crippen LogP contribution in [0.4, 0.5) is 0 Å². The lowest BCUT2D eigenvalue weighted by molar-refractivity contribution is 0.176. The number of piperidine rings is 1. The van der Waals surface area contributed by atoms with Gasteiger partial charge in [0.15, 0.2) is 5.96 Å². The Morgan fingerprint density at radius 3 is 2.27 bits per heavy atom. The van der Waals surface area contributed by atoms with Crippen LogP contribution in [0.3, 0.4) is 0 Å². The fourth-order valence-electron chi connectivity index (χ4n) is 4.22. The fourth-order valence-corrected chi connectivity index (χ4v) is 4.22. The molecular weight excluding hydrogens is 374 g/mol. The zero-order valence-electron chi connectivity index (χ0n) is 19.9. The van der Waals surface area contributed by atoms with Crippen LogP contribution in [0.1, 0.15) is 46.1 Å². The lowest BCUT2D eigenvalue weighted by Gasteiger charge is -2.32. The summed E-state index contributed by atoms with van der Waals surface area (Å²) < 4.78 is 5.25. The average molecular weight is 418 g/mol. The number of hydrogen-bond acceptors (Lipinski definition) is 4. The van der Waals surface area contributed by atoms with E-state index in [1.54, 1.807) is 7.11 Å². The van der Waals surface area contributed by atoms with Gasteiger partial charge in [0.2, 0.25) is 0 Å². The van der Waals surface area contributed by atoms with Gasteiger partial charge in [0.25, 0.3) is 0 Å². The number of methoxy groups -OCH3 is 1. The summed E-state index contributed by atoms with van der Waals surface area (Å²) in [6.45, 7) is 15.3. The van der Waals surface area contributed by atoms with E-state index in [0.717, 1.165) is 51.0 Å². The highest BCUT2D eigenvalue weighted by atomic mass is 16.5. The van der Waals surface area contributed by atoms with Gasteiger partial charge in [0, 0.05) is 45.3 Å². The summed E-state index contributed by atoms with van der Waals surface area (Å²) in [5, 5.41) is 7.01. The highest BCUT2D eigenvalue weighted by Crippen LogP contribution is 2.19. The molecule has 1 fully saturated rings. The molecule has 1 aromatic carbocycles. The summed E-state index contributed by atoms with van der Waals surface area (Å²) in [4.78, 5) is 9.45. The minimum Gasteiger partial charge on any atom is -0.497 e. The first kappa shape index (κ1) is 24.5. The van der Waals surface area contributed by atoms with Crippen molar-refractivity contribution in [1.29, 1.82) is 0 Å². The third kappa shape index (κ3) is 8.15. The number of aliphatic imine (C=N–C) groups is 1. The van der Waals surface area contributed by atoms with Gasteiger partial charge in [-0.15, -0.1) is 0 Å². The van der Waals surface area contributed by atoms with E-state index in [9.17, 15) is 0 Å². The highest BCUT2D eigenvalue weighted by Gasteiger charge is 2.19. The van der Waals surface area contributed by atoms with E-state index in [1.165, 1.54) is 18.4 Å². The summed E-state index contributed by atoms with van der Waals surface area (Å²) in [7, 11) is 3.57. The minimum absolute atomic E-state index is 0.560. The summed E-state index contributed by atoms with van der Waals surface area (Å²) >= 11 is 0. The molecule has 2 N–H and O–H groups in total. The molecule has 1 aliphatic heterocycles. The predicted molar refractivity (Wildman–Crippen MR) is 127 cm³/mol. The molecule has 0 bridgehead atoms. The maximum absolute atomic E-state index is 5.25. The molecule has 0 aliphatic carbocycles. The molecule has 1 aliphatic rings. The van der Waals surface area contributed by atoms with Gasteiger partial charge in [0.05, 0.1) is 7.11 Å². The molecule has 30 heavy (non-hydrogen) atoms. The third-order valence-electron chi connectivity index (χ3n) is 6.04. The molecule has 0 spiro atoms. The van der Waals surface area contributed by atoms with Crippen molar-refractivity contribution < 1.29 is 4.74 Å². The van der Waals surface area contributed by atoms with E-state index < -0.39 is 0 Å². The van der Waals surface area contributed by atoms with E-state index in [1.807, 2.05) is 19.2 Å². The Morgan fingerprint density at radius 1 is 1.10 bits per heavy atom. The number of rotatable bonds is 10. The third-order valence-corrected chi connectivity index (χ3v) is 6.04. The topological polar surface area (TPSA) is 52.1 Å². The number of likely N-dealkylation sites (tertiary alicyclic amines) is 1.